The van der Waals surface area contributed by atoms with Gasteiger partial charge < -0.3 is 10.1 Å². The maximum Gasteiger partial charge on any atom is 0.119 e. The van der Waals surface area contributed by atoms with E-state index in [2.05, 4.69) is 64.2 Å². The molecule has 0 amide bonds. The van der Waals surface area contributed by atoms with Gasteiger partial charge in [-0.3, -0.25) is 0 Å². The van der Waals surface area contributed by atoms with Crippen LogP contribution >= 0.6 is 0 Å². The zero-order chi connectivity index (χ0) is 14.0. The van der Waals surface area contributed by atoms with Gasteiger partial charge in [0.15, 0.2) is 0 Å². The zero-order valence-electron chi connectivity index (χ0n) is 12.9. The Morgan fingerprint density at radius 2 is 1.84 bits per heavy atom. The van der Waals surface area contributed by atoms with Crippen molar-refractivity contribution in [2.24, 2.45) is 5.92 Å². The van der Waals surface area contributed by atoms with Crippen LogP contribution in [0.3, 0.4) is 0 Å². The van der Waals surface area contributed by atoms with Crippen molar-refractivity contribution in [3.05, 3.63) is 29.8 Å². The molecule has 2 unspecified atom stereocenters. The van der Waals surface area contributed by atoms with Crippen LogP contribution in [0.15, 0.2) is 24.3 Å². The van der Waals surface area contributed by atoms with Gasteiger partial charge in [0, 0.05) is 6.04 Å². The van der Waals surface area contributed by atoms with E-state index in [0.29, 0.717) is 11.5 Å². The van der Waals surface area contributed by atoms with Gasteiger partial charge in [0.05, 0.1) is 6.10 Å². The minimum absolute atomic E-state index is 0.241. The van der Waals surface area contributed by atoms with Crippen molar-refractivity contribution in [2.75, 3.05) is 6.54 Å². The van der Waals surface area contributed by atoms with E-state index in [-0.39, 0.29) is 6.10 Å². The van der Waals surface area contributed by atoms with Gasteiger partial charge in [-0.15, -0.1) is 0 Å². The molecule has 0 aliphatic heterocycles. The standard InChI is InChI=1S/C17H27NO/c1-12(2)18-11-15-10-17(15,5)14-6-8-16(9-7-14)19-13(3)4/h6-9,12-13,15,18H,10-11H2,1-5H3. The molecular formula is C17H27NO. The molecule has 0 heterocycles. The van der Waals surface area contributed by atoms with E-state index in [4.69, 9.17) is 4.74 Å². The van der Waals surface area contributed by atoms with Crippen LogP contribution in [-0.2, 0) is 5.41 Å². The van der Waals surface area contributed by atoms with E-state index in [1.165, 1.54) is 12.0 Å². The van der Waals surface area contributed by atoms with Crippen LogP contribution in [0.5, 0.6) is 5.75 Å². The summed E-state index contributed by atoms with van der Waals surface area (Å²) in [5.74, 6) is 1.74. The van der Waals surface area contributed by atoms with Gasteiger partial charge in [0.1, 0.15) is 5.75 Å². The van der Waals surface area contributed by atoms with Gasteiger partial charge in [-0.2, -0.15) is 0 Å². The minimum atomic E-state index is 0.241. The van der Waals surface area contributed by atoms with E-state index in [0.717, 1.165) is 18.2 Å². The number of hydrogen-bond donors (Lipinski definition) is 1. The Labute approximate surface area is 117 Å². The number of benzene rings is 1. The van der Waals surface area contributed by atoms with Crippen molar-refractivity contribution in [2.45, 2.75) is 58.6 Å². The Hall–Kier alpha value is -1.02. The molecule has 1 fully saturated rings. The lowest BCUT2D eigenvalue weighted by Gasteiger charge is -2.15. The van der Waals surface area contributed by atoms with Crippen molar-refractivity contribution in [3.63, 3.8) is 0 Å². The molecule has 2 rings (SSSR count). The molecule has 0 spiro atoms. The van der Waals surface area contributed by atoms with E-state index in [1.54, 1.807) is 0 Å². The summed E-state index contributed by atoms with van der Waals surface area (Å²) in [4.78, 5) is 0. The van der Waals surface area contributed by atoms with Crippen LogP contribution in [0.1, 0.15) is 46.6 Å². The zero-order valence-corrected chi connectivity index (χ0v) is 12.9. The quantitative estimate of drug-likeness (QED) is 0.842. The summed E-state index contributed by atoms with van der Waals surface area (Å²) in [6, 6.07) is 9.24. The lowest BCUT2D eigenvalue weighted by molar-refractivity contribution is 0.242. The predicted molar refractivity (Wildman–Crippen MR) is 80.8 cm³/mol. The Morgan fingerprint density at radius 3 is 2.37 bits per heavy atom. The largest absolute Gasteiger partial charge is 0.491 e. The highest BCUT2D eigenvalue weighted by Gasteiger charge is 2.50. The first-order chi connectivity index (χ1) is 8.91. The summed E-state index contributed by atoms with van der Waals surface area (Å²) in [5.41, 5.74) is 1.80. The molecule has 2 nitrogen and oxygen atoms in total. The fourth-order valence-electron chi connectivity index (χ4n) is 2.67. The first-order valence-electron chi connectivity index (χ1n) is 7.42. The first-order valence-corrected chi connectivity index (χ1v) is 7.42. The number of ether oxygens (including phenoxy) is 1. The molecule has 1 aliphatic rings. The van der Waals surface area contributed by atoms with Crippen LogP contribution in [-0.4, -0.2) is 18.7 Å². The predicted octanol–water partition coefficient (Wildman–Crippen LogP) is 3.75. The highest BCUT2D eigenvalue weighted by Crippen LogP contribution is 2.53. The van der Waals surface area contributed by atoms with E-state index >= 15 is 0 Å². The third kappa shape index (κ3) is 3.50. The number of nitrogens with one attached hydrogen (secondary N) is 1. The lowest BCUT2D eigenvalue weighted by atomic mass is 9.95. The molecule has 0 saturated heterocycles. The Balaban J connectivity index is 1.95. The first kappa shape index (κ1) is 14.4. The molecule has 2 heteroatoms. The van der Waals surface area contributed by atoms with Gasteiger partial charge in [0.2, 0.25) is 0 Å². The number of hydrogen-bond acceptors (Lipinski definition) is 2. The summed E-state index contributed by atoms with van der Waals surface area (Å²) in [7, 11) is 0. The van der Waals surface area contributed by atoms with Crippen molar-refractivity contribution in [1.82, 2.24) is 5.32 Å². The third-order valence-corrected chi connectivity index (χ3v) is 4.07. The van der Waals surface area contributed by atoms with E-state index in [9.17, 15) is 0 Å². The average Bonchev–Trinajstić information content (AvgIpc) is 2.99. The molecule has 1 aliphatic carbocycles. The highest BCUT2D eigenvalue weighted by molar-refractivity contribution is 5.37. The molecule has 1 saturated carbocycles. The molecule has 1 aromatic carbocycles. The van der Waals surface area contributed by atoms with Crippen molar-refractivity contribution in [3.8, 4) is 5.75 Å². The van der Waals surface area contributed by atoms with Gasteiger partial charge in [0.25, 0.3) is 0 Å². The Morgan fingerprint density at radius 1 is 1.21 bits per heavy atom. The summed E-state index contributed by atoms with van der Waals surface area (Å²) < 4.78 is 5.70. The molecule has 2 atom stereocenters. The maximum atomic E-state index is 5.70. The summed E-state index contributed by atoms with van der Waals surface area (Å²) in [6.07, 6.45) is 1.53. The highest BCUT2D eigenvalue weighted by atomic mass is 16.5. The molecule has 0 aromatic heterocycles. The van der Waals surface area contributed by atoms with Crippen molar-refractivity contribution >= 4 is 0 Å². The molecule has 1 N–H and O–H groups in total. The monoisotopic (exact) mass is 261 g/mol. The number of rotatable bonds is 6. The molecule has 1 aromatic rings. The topological polar surface area (TPSA) is 21.3 Å². The molecule has 106 valence electrons. The average molecular weight is 261 g/mol. The normalized spacial score (nSPS) is 25.9. The van der Waals surface area contributed by atoms with Crippen molar-refractivity contribution < 1.29 is 4.74 Å². The second-order valence-electron chi connectivity index (χ2n) is 6.57. The fourth-order valence-corrected chi connectivity index (χ4v) is 2.67. The summed E-state index contributed by atoms with van der Waals surface area (Å²) >= 11 is 0. The van der Waals surface area contributed by atoms with Crippen LogP contribution < -0.4 is 10.1 Å². The lowest BCUT2D eigenvalue weighted by Crippen LogP contribution is -2.26. The maximum absolute atomic E-state index is 5.70. The van der Waals surface area contributed by atoms with Crippen LogP contribution in [0.2, 0.25) is 0 Å². The van der Waals surface area contributed by atoms with Gasteiger partial charge >= 0.3 is 0 Å². The molecule has 0 radical (unpaired) electrons. The third-order valence-electron chi connectivity index (χ3n) is 4.07. The summed E-state index contributed by atoms with van der Waals surface area (Å²) in [6.45, 7) is 12.0. The second-order valence-corrected chi connectivity index (χ2v) is 6.57. The van der Waals surface area contributed by atoms with Crippen LogP contribution in [0.25, 0.3) is 0 Å². The van der Waals surface area contributed by atoms with Crippen LogP contribution in [0, 0.1) is 5.92 Å². The van der Waals surface area contributed by atoms with Gasteiger partial charge in [-0.05, 0) is 55.8 Å². The Kier molecular flexibility index (Phi) is 4.19. The molecule has 0 bridgehead atoms. The van der Waals surface area contributed by atoms with Crippen molar-refractivity contribution in [1.29, 1.82) is 0 Å². The second kappa shape index (κ2) is 5.54. The van der Waals surface area contributed by atoms with Gasteiger partial charge in [-0.25, -0.2) is 0 Å². The fraction of sp³-hybridized carbons (Fsp3) is 0.647. The minimum Gasteiger partial charge on any atom is -0.491 e. The SMILES string of the molecule is CC(C)NCC1CC1(C)c1ccc(OC(C)C)cc1. The smallest absolute Gasteiger partial charge is 0.119 e. The molecule has 19 heavy (non-hydrogen) atoms. The molecular weight excluding hydrogens is 234 g/mol. The van der Waals surface area contributed by atoms with Crippen LogP contribution in [0.4, 0.5) is 0 Å². The van der Waals surface area contributed by atoms with E-state index in [1.807, 2.05) is 0 Å². The Bertz CT molecular complexity index is 410. The van der Waals surface area contributed by atoms with E-state index < -0.39 is 0 Å². The van der Waals surface area contributed by atoms with Gasteiger partial charge in [-0.1, -0.05) is 32.9 Å². The summed E-state index contributed by atoms with van der Waals surface area (Å²) in [5, 5.41) is 3.55.